The molecule has 0 saturated heterocycles. The molecule has 0 radical (unpaired) electrons. The van der Waals surface area contributed by atoms with Gasteiger partial charge in [0, 0.05) is 5.69 Å². The number of aromatic nitrogens is 1. The minimum Gasteiger partial charge on any atom is -0.497 e. The number of thiazole rings is 1. The highest BCUT2D eigenvalue weighted by Gasteiger charge is 2.15. The number of hydrogen-bond donors (Lipinski definition) is 0. The number of nitrogens with zero attached hydrogens (tertiary/aromatic N) is 3. The first-order valence-electron chi connectivity index (χ1n) is 8.09. The van der Waals surface area contributed by atoms with Crippen LogP contribution in [0.15, 0.2) is 62.9 Å². The largest absolute Gasteiger partial charge is 0.497 e. The lowest BCUT2D eigenvalue weighted by molar-refractivity contribution is 0.414. The van der Waals surface area contributed by atoms with Gasteiger partial charge < -0.3 is 14.1 Å². The maximum atomic E-state index is 12.7. The van der Waals surface area contributed by atoms with Crippen LogP contribution in [-0.2, 0) is 6.67 Å². The summed E-state index contributed by atoms with van der Waals surface area (Å²) in [6.45, 7) is 1.00. The molecule has 0 amide bonds. The smallest absolute Gasteiger partial charge is 0.271 e. The zero-order chi connectivity index (χ0) is 17.9. The van der Waals surface area contributed by atoms with E-state index in [1.165, 1.54) is 11.3 Å². The van der Waals surface area contributed by atoms with Crippen LogP contribution in [0.4, 0.5) is 5.69 Å². The van der Waals surface area contributed by atoms with E-state index in [9.17, 15) is 4.79 Å². The maximum Gasteiger partial charge on any atom is 0.271 e. The second-order valence-electron chi connectivity index (χ2n) is 5.70. The Morgan fingerprint density at radius 3 is 2.85 bits per heavy atom. The molecule has 0 fully saturated rings. The second kappa shape index (κ2) is 7.05. The van der Waals surface area contributed by atoms with Crippen molar-refractivity contribution in [3.63, 3.8) is 0 Å². The van der Waals surface area contributed by atoms with Crippen LogP contribution in [-0.4, -0.2) is 18.3 Å². The Kier molecular flexibility index (Phi) is 4.45. The summed E-state index contributed by atoms with van der Waals surface area (Å²) in [5.41, 5.74) is 0.970. The SMILES string of the molecule is COc1ccc(N2CN=c3s/c(=C\C=C\c4ccco4)c(=O)n3C2)cc1. The van der Waals surface area contributed by atoms with Crippen molar-refractivity contribution in [1.29, 1.82) is 0 Å². The molecule has 132 valence electrons. The molecule has 3 heterocycles. The summed E-state index contributed by atoms with van der Waals surface area (Å²) in [6, 6.07) is 11.4. The number of fused-ring (bicyclic) bond motifs is 1. The molecule has 1 aromatic carbocycles. The van der Waals surface area contributed by atoms with Gasteiger partial charge in [0.2, 0.25) is 0 Å². The standard InChI is InChI=1S/C19H17N3O3S/c1-24-15-9-7-14(8-10-15)21-12-20-19-22(13-21)18(23)17(26-19)6-2-4-16-5-3-11-25-16/h2-11H,12-13H2,1H3/b4-2+,17-6-. The van der Waals surface area contributed by atoms with E-state index >= 15 is 0 Å². The fraction of sp³-hybridized carbons (Fsp3) is 0.158. The van der Waals surface area contributed by atoms with Gasteiger partial charge >= 0.3 is 0 Å². The van der Waals surface area contributed by atoms with Crippen LogP contribution in [0.1, 0.15) is 5.76 Å². The van der Waals surface area contributed by atoms with E-state index in [4.69, 9.17) is 9.15 Å². The lowest BCUT2D eigenvalue weighted by Gasteiger charge is -2.25. The van der Waals surface area contributed by atoms with Gasteiger partial charge in [-0.05, 0) is 48.6 Å². The molecule has 0 spiro atoms. The topological polar surface area (TPSA) is 60.0 Å². The molecule has 6 nitrogen and oxygen atoms in total. The van der Waals surface area contributed by atoms with Crippen LogP contribution in [0.25, 0.3) is 12.2 Å². The predicted molar refractivity (Wildman–Crippen MR) is 102 cm³/mol. The average molecular weight is 367 g/mol. The summed E-state index contributed by atoms with van der Waals surface area (Å²) in [5.74, 6) is 1.55. The number of allylic oxidation sites excluding steroid dienone is 1. The number of benzene rings is 1. The van der Waals surface area contributed by atoms with E-state index in [1.807, 2.05) is 53.5 Å². The zero-order valence-corrected chi connectivity index (χ0v) is 15.0. The van der Waals surface area contributed by atoms with Crippen molar-refractivity contribution < 1.29 is 9.15 Å². The van der Waals surface area contributed by atoms with Gasteiger partial charge in [0.15, 0.2) is 4.80 Å². The summed E-state index contributed by atoms with van der Waals surface area (Å²) < 4.78 is 12.8. The normalized spacial score (nSPS) is 14.5. The number of hydrogen-bond acceptors (Lipinski definition) is 6. The number of methoxy groups -OCH3 is 1. The molecule has 4 rings (SSSR count). The monoisotopic (exact) mass is 367 g/mol. The fourth-order valence-electron chi connectivity index (χ4n) is 2.70. The van der Waals surface area contributed by atoms with Crippen molar-refractivity contribution in [1.82, 2.24) is 4.57 Å². The summed E-state index contributed by atoms with van der Waals surface area (Å²) in [5, 5.41) is 0. The Labute approximate surface area is 153 Å². The van der Waals surface area contributed by atoms with Crippen LogP contribution < -0.4 is 24.5 Å². The van der Waals surface area contributed by atoms with Crippen LogP contribution in [0.5, 0.6) is 5.75 Å². The van der Waals surface area contributed by atoms with Crippen LogP contribution >= 0.6 is 11.3 Å². The van der Waals surface area contributed by atoms with E-state index in [-0.39, 0.29) is 5.56 Å². The van der Waals surface area contributed by atoms with Crippen molar-refractivity contribution in [2.24, 2.45) is 4.99 Å². The van der Waals surface area contributed by atoms with E-state index in [1.54, 1.807) is 24.0 Å². The average Bonchev–Trinajstić information content (AvgIpc) is 3.30. The molecule has 1 aliphatic heterocycles. The van der Waals surface area contributed by atoms with Gasteiger partial charge in [-0.15, -0.1) is 0 Å². The Bertz CT molecular complexity index is 1090. The van der Waals surface area contributed by atoms with Crippen LogP contribution in [0, 0.1) is 0 Å². The second-order valence-corrected chi connectivity index (χ2v) is 6.71. The highest BCUT2D eigenvalue weighted by atomic mass is 32.1. The van der Waals surface area contributed by atoms with E-state index in [0.29, 0.717) is 17.9 Å². The van der Waals surface area contributed by atoms with Crippen LogP contribution in [0.2, 0.25) is 0 Å². The van der Waals surface area contributed by atoms with Gasteiger partial charge in [0.1, 0.15) is 24.8 Å². The number of ether oxygens (including phenoxy) is 1. The van der Waals surface area contributed by atoms with Crippen molar-refractivity contribution in [2.75, 3.05) is 18.7 Å². The molecule has 2 aromatic heterocycles. The quantitative estimate of drug-likeness (QED) is 0.708. The van der Waals surface area contributed by atoms with Gasteiger partial charge in [-0.1, -0.05) is 17.4 Å². The maximum absolute atomic E-state index is 12.7. The first-order chi connectivity index (χ1) is 12.7. The summed E-state index contributed by atoms with van der Waals surface area (Å²) in [4.78, 5) is 20.0. The Morgan fingerprint density at radius 2 is 2.12 bits per heavy atom. The van der Waals surface area contributed by atoms with E-state index in [2.05, 4.69) is 4.99 Å². The Morgan fingerprint density at radius 1 is 1.27 bits per heavy atom. The minimum atomic E-state index is -0.0314. The number of furan rings is 1. The van der Waals surface area contributed by atoms with Gasteiger partial charge in [-0.2, -0.15) is 0 Å². The molecule has 0 atom stereocenters. The van der Waals surface area contributed by atoms with Crippen molar-refractivity contribution in [2.45, 2.75) is 6.67 Å². The fourth-order valence-corrected chi connectivity index (χ4v) is 3.61. The minimum absolute atomic E-state index is 0.0314. The first-order valence-corrected chi connectivity index (χ1v) is 8.91. The highest BCUT2D eigenvalue weighted by Crippen LogP contribution is 2.20. The summed E-state index contributed by atoms with van der Waals surface area (Å²) in [7, 11) is 1.64. The molecule has 3 aromatic rings. The van der Waals surface area contributed by atoms with Crippen molar-refractivity contribution >= 4 is 29.2 Å². The van der Waals surface area contributed by atoms with Crippen molar-refractivity contribution in [3.05, 3.63) is 74.2 Å². The number of rotatable bonds is 4. The van der Waals surface area contributed by atoms with Crippen molar-refractivity contribution in [3.8, 4) is 5.75 Å². The van der Waals surface area contributed by atoms with Gasteiger partial charge in [0.25, 0.3) is 5.56 Å². The highest BCUT2D eigenvalue weighted by molar-refractivity contribution is 7.07. The lowest BCUT2D eigenvalue weighted by Crippen LogP contribution is -2.42. The van der Waals surface area contributed by atoms with Gasteiger partial charge in [0.05, 0.1) is 17.9 Å². The third kappa shape index (κ3) is 3.21. The Balaban J connectivity index is 1.60. The molecule has 0 aliphatic carbocycles. The third-order valence-corrected chi connectivity index (χ3v) is 5.13. The van der Waals surface area contributed by atoms with Gasteiger partial charge in [-0.3, -0.25) is 9.36 Å². The predicted octanol–water partition coefficient (Wildman–Crippen LogP) is 2.06. The molecular weight excluding hydrogens is 350 g/mol. The zero-order valence-electron chi connectivity index (χ0n) is 14.2. The van der Waals surface area contributed by atoms with Gasteiger partial charge in [-0.25, -0.2) is 4.99 Å². The molecule has 26 heavy (non-hydrogen) atoms. The number of anilines is 1. The molecule has 1 aliphatic rings. The molecule has 7 heteroatoms. The molecule has 0 N–H and O–H groups in total. The van der Waals surface area contributed by atoms with Crippen LogP contribution in [0.3, 0.4) is 0 Å². The summed E-state index contributed by atoms with van der Waals surface area (Å²) >= 11 is 1.40. The molecular formula is C19H17N3O3S. The van der Waals surface area contributed by atoms with E-state index < -0.39 is 0 Å². The summed E-state index contributed by atoms with van der Waals surface area (Å²) in [6.07, 6.45) is 7.06. The molecule has 0 bridgehead atoms. The Hall–Kier alpha value is -3.06. The first kappa shape index (κ1) is 16.4. The molecule has 0 unspecified atom stereocenters. The lowest BCUT2D eigenvalue weighted by atomic mass is 10.3. The third-order valence-electron chi connectivity index (χ3n) is 4.07. The molecule has 0 saturated carbocycles. The van der Waals surface area contributed by atoms with E-state index in [0.717, 1.165) is 22.0 Å².